The van der Waals surface area contributed by atoms with Gasteiger partial charge in [0.15, 0.2) is 11.6 Å². The molecule has 106 valence electrons. The normalized spacial score (nSPS) is 10.6. The second-order valence-corrected chi connectivity index (χ2v) is 4.43. The minimum atomic E-state index is -1.01. The molecule has 0 saturated heterocycles. The summed E-state index contributed by atoms with van der Waals surface area (Å²) >= 11 is 0. The Kier molecular flexibility index (Phi) is 4.02. The van der Waals surface area contributed by atoms with Gasteiger partial charge in [-0.3, -0.25) is 4.79 Å². The maximum atomic E-state index is 13.8. The molecule has 0 aliphatic heterocycles. The van der Waals surface area contributed by atoms with Gasteiger partial charge in [-0.1, -0.05) is 11.2 Å². The fourth-order valence-electron chi connectivity index (χ4n) is 1.80. The molecule has 1 aromatic heterocycles. The van der Waals surface area contributed by atoms with Crippen molar-refractivity contribution in [3.63, 3.8) is 0 Å². The van der Waals surface area contributed by atoms with Crippen molar-refractivity contribution in [1.29, 1.82) is 0 Å². The average Bonchev–Trinajstić information content (AvgIpc) is 2.68. The standard InChI is InChI=1S/C14H14FNO4/c1-8-11(9(2)20-16-8)7-19-13-4-3-10(5-12(13)15)6-14(17)18/h3-5H,6-7H2,1-2H3,(H,17,18). The van der Waals surface area contributed by atoms with E-state index in [0.717, 1.165) is 11.6 Å². The van der Waals surface area contributed by atoms with E-state index in [9.17, 15) is 9.18 Å². The summed E-state index contributed by atoms with van der Waals surface area (Å²) in [5, 5.41) is 12.4. The molecular formula is C14H14FNO4. The summed E-state index contributed by atoms with van der Waals surface area (Å²) in [6.45, 7) is 3.68. The Labute approximate surface area is 115 Å². The molecule has 1 aromatic carbocycles. The summed E-state index contributed by atoms with van der Waals surface area (Å²) < 4.78 is 24.1. The lowest BCUT2D eigenvalue weighted by molar-refractivity contribution is -0.136. The van der Waals surface area contributed by atoms with Gasteiger partial charge in [-0.15, -0.1) is 0 Å². The number of halogens is 1. The zero-order valence-corrected chi connectivity index (χ0v) is 11.1. The number of ether oxygens (including phenoxy) is 1. The third-order valence-corrected chi connectivity index (χ3v) is 2.90. The monoisotopic (exact) mass is 279 g/mol. The zero-order chi connectivity index (χ0) is 14.7. The highest BCUT2D eigenvalue weighted by Gasteiger charge is 2.12. The minimum absolute atomic E-state index is 0.0686. The van der Waals surface area contributed by atoms with Crippen molar-refractivity contribution in [3.05, 3.63) is 46.6 Å². The summed E-state index contributed by atoms with van der Waals surface area (Å²) in [6.07, 6.45) is -0.221. The topological polar surface area (TPSA) is 72.6 Å². The quantitative estimate of drug-likeness (QED) is 0.910. The number of carboxylic acids is 1. The van der Waals surface area contributed by atoms with Crippen molar-refractivity contribution in [2.45, 2.75) is 26.9 Å². The number of aryl methyl sites for hydroxylation is 2. The number of aromatic nitrogens is 1. The van der Waals surface area contributed by atoms with Gasteiger partial charge in [0.25, 0.3) is 0 Å². The Balaban J connectivity index is 2.09. The fourth-order valence-corrected chi connectivity index (χ4v) is 1.80. The van der Waals surface area contributed by atoms with Gasteiger partial charge < -0.3 is 14.4 Å². The maximum absolute atomic E-state index is 13.8. The Morgan fingerprint density at radius 3 is 2.75 bits per heavy atom. The molecule has 2 rings (SSSR count). The number of aliphatic carboxylic acids is 1. The van der Waals surface area contributed by atoms with Crippen LogP contribution in [-0.4, -0.2) is 16.2 Å². The van der Waals surface area contributed by atoms with Gasteiger partial charge in [-0.2, -0.15) is 0 Å². The first-order valence-electron chi connectivity index (χ1n) is 6.02. The fraction of sp³-hybridized carbons (Fsp3) is 0.286. The van der Waals surface area contributed by atoms with Crippen LogP contribution in [0.15, 0.2) is 22.7 Å². The number of carbonyl (C=O) groups is 1. The van der Waals surface area contributed by atoms with Crippen LogP contribution in [0, 0.1) is 19.7 Å². The maximum Gasteiger partial charge on any atom is 0.307 e. The summed E-state index contributed by atoms with van der Waals surface area (Å²) in [5.41, 5.74) is 1.86. The van der Waals surface area contributed by atoms with E-state index in [0.29, 0.717) is 17.0 Å². The lowest BCUT2D eigenvalue weighted by Gasteiger charge is -2.08. The first kappa shape index (κ1) is 14.0. The molecule has 0 amide bonds. The van der Waals surface area contributed by atoms with Crippen LogP contribution in [0.3, 0.4) is 0 Å². The molecule has 20 heavy (non-hydrogen) atoms. The number of nitrogens with zero attached hydrogens (tertiary/aromatic N) is 1. The van der Waals surface area contributed by atoms with Crippen LogP contribution in [-0.2, 0) is 17.8 Å². The van der Waals surface area contributed by atoms with Crippen LogP contribution in [0.2, 0.25) is 0 Å². The Morgan fingerprint density at radius 1 is 1.45 bits per heavy atom. The highest BCUT2D eigenvalue weighted by atomic mass is 19.1. The summed E-state index contributed by atoms with van der Waals surface area (Å²) in [5.74, 6) is -0.895. The van der Waals surface area contributed by atoms with Gasteiger partial charge in [0, 0.05) is 0 Å². The highest BCUT2D eigenvalue weighted by Crippen LogP contribution is 2.21. The second kappa shape index (κ2) is 5.73. The molecule has 6 heteroatoms. The number of carboxylic acid groups (broad SMARTS) is 1. The van der Waals surface area contributed by atoms with Crippen molar-refractivity contribution < 1.29 is 23.6 Å². The molecule has 5 nitrogen and oxygen atoms in total. The molecule has 0 aliphatic carbocycles. The molecule has 0 atom stereocenters. The number of benzene rings is 1. The molecule has 0 bridgehead atoms. The van der Waals surface area contributed by atoms with E-state index in [2.05, 4.69) is 5.16 Å². The number of rotatable bonds is 5. The second-order valence-electron chi connectivity index (χ2n) is 4.43. The molecule has 0 radical (unpaired) electrons. The third kappa shape index (κ3) is 3.14. The molecule has 0 saturated carbocycles. The molecule has 1 N–H and O–H groups in total. The van der Waals surface area contributed by atoms with E-state index < -0.39 is 11.8 Å². The van der Waals surface area contributed by atoms with Crippen molar-refractivity contribution in [1.82, 2.24) is 5.16 Å². The Bertz CT molecular complexity index is 617. The smallest absolute Gasteiger partial charge is 0.307 e. The van der Waals surface area contributed by atoms with Crippen molar-refractivity contribution in [2.75, 3.05) is 0 Å². The predicted octanol–water partition coefficient (Wildman–Crippen LogP) is 2.64. The average molecular weight is 279 g/mol. The van der Waals surface area contributed by atoms with Crippen LogP contribution < -0.4 is 4.74 Å². The molecular weight excluding hydrogens is 265 g/mol. The SMILES string of the molecule is Cc1noc(C)c1COc1ccc(CC(=O)O)cc1F. The van der Waals surface area contributed by atoms with Gasteiger partial charge in [-0.05, 0) is 31.5 Å². The molecule has 2 aromatic rings. The summed E-state index contributed by atoms with van der Waals surface area (Å²) in [4.78, 5) is 10.5. The number of hydrogen-bond donors (Lipinski definition) is 1. The van der Waals surface area contributed by atoms with E-state index in [1.807, 2.05) is 0 Å². The Hall–Kier alpha value is -2.37. The van der Waals surface area contributed by atoms with Crippen LogP contribution in [0.5, 0.6) is 5.75 Å². The number of hydrogen-bond acceptors (Lipinski definition) is 4. The molecule has 1 heterocycles. The van der Waals surface area contributed by atoms with Crippen LogP contribution >= 0.6 is 0 Å². The molecule has 0 spiro atoms. The zero-order valence-electron chi connectivity index (χ0n) is 11.1. The van der Waals surface area contributed by atoms with E-state index in [1.165, 1.54) is 12.1 Å². The van der Waals surface area contributed by atoms with Gasteiger partial charge >= 0.3 is 5.97 Å². The Morgan fingerprint density at radius 2 is 2.20 bits per heavy atom. The van der Waals surface area contributed by atoms with Gasteiger partial charge in [0.2, 0.25) is 0 Å². The molecule has 0 aliphatic rings. The lowest BCUT2D eigenvalue weighted by Crippen LogP contribution is -2.02. The van der Waals surface area contributed by atoms with E-state index in [4.69, 9.17) is 14.4 Å². The third-order valence-electron chi connectivity index (χ3n) is 2.90. The first-order chi connectivity index (χ1) is 9.47. The van der Waals surface area contributed by atoms with Gasteiger partial charge in [0.05, 0.1) is 17.7 Å². The van der Waals surface area contributed by atoms with Gasteiger partial charge in [0.1, 0.15) is 12.4 Å². The lowest BCUT2D eigenvalue weighted by atomic mass is 10.1. The predicted molar refractivity (Wildman–Crippen MR) is 68.0 cm³/mol. The van der Waals surface area contributed by atoms with Crippen molar-refractivity contribution >= 4 is 5.97 Å². The summed E-state index contributed by atoms with van der Waals surface area (Å²) in [6, 6.07) is 4.11. The van der Waals surface area contributed by atoms with E-state index >= 15 is 0 Å². The first-order valence-corrected chi connectivity index (χ1v) is 6.02. The van der Waals surface area contributed by atoms with Gasteiger partial charge in [-0.25, -0.2) is 4.39 Å². The molecule has 0 fully saturated rings. The van der Waals surface area contributed by atoms with Crippen LogP contribution in [0.4, 0.5) is 4.39 Å². The largest absolute Gasteiger partial charge is 0.486 e. The van der Waals surface area contributed by atoms with Crippen molar-refractivity contribution in [3.8, 4) is 5.75 Å². The van der Waals surface area contributed by atoms with Crippen molar-refractivity contribution in [2.24, 2.45) is 0 Å². The van der Waals surface area contributed by atoms with Crippen LogP contribution in [0.25, 0.3) is 0 Å². The van der Waals surface area contributed by atoms with E-state index in [1.54, 1.807) is 13.8 Å². The minimum Gasteiger partial charge on any atom is -0.486 e. The van der Waals surface area contributed by atoms with E-state index in [-0.39, 0.29) is 18.8 Å². The van der Waals surface area contributed by atoms with Crippen LogP contribution in [0.1, 0.15) is 22.6 Å². The highest BCUT2D eigenvalue weighted by molar-refractivity contribution is 5.70. The summed E-state index contributed by atoms with van der Waals surface area (Å²) in [7, 11) is 0. The molecule has 0 unspecified atom stereocenters.